The number of anilines is 1. The van der Waals surface area contributed by atoms with Gasteiger partial charge in [-0.15, -0.1) is 0 Å². The number of hydrogen-bond acceptors (Lipinski definition) is 5. The molecule has 114 valence electrons. The van der Waals surface area contributed by atoms with Crippen LogP contribution in [-0.4, -0.2) is 53.1 Å². The summed E-state index contributed by atoms with van der Waals surface area (Å²) in [4.78, 5) is 14.1. The summed E-state index contributed by atoms with van der Waals surface area (Å²) < 4.78 is 1.36. The number of rotatable bonds is 8. The Bertz CT molecular complexity index is 476. The molecule has 0 aliphatic rings. The third kappa shape index (κ3) is 4.77. The molecule has 1 aromatic heterocycles. The third-order valence-corrected chi connectivity index (χ3v) is 3.44. The fraction of sp³-hybridized carbons (Fsp3) is 0.692. The van der Waals surface area contributed by atoms with E-state index in [1.807, 2.05) is 25.9 Å². The van der Waals surface area contributed by atoms with E-state index in [0.717, 1.165) is 13.0 Å². The van der Waals surface area contributed by atoms with Crippen molar-refractivity contribution in [3.63, 3.8) is 0 Å². The minimum absolute atomic E-state index is 0.0799. The van der Waals surface area contributed by atoms with Gasteiger partial charge in [0.05, 0.1) is 18.4 Å². The Kier molecular flexibility index (Phi) is 6.98. The molecule has 0 saturated heterocycles. The van der Waals surface area contributed by atoms with Gasteiger partial charge >= 0.3 is 0 Å². The van der Waals surface area contributed by atoms with Gasteiger partial charge in [-0.05, 0) is 26.9 Å². The van der Waals surface area contributed by atoms with E-state index in [-0.39, 0.29) is 23.2 Å². The van der Waals surface area contributed by atoms with Crippen molar-refractivity contribution in [3.8, 4) is 0 Å². The Labute approximate surface area is 124 Å². The molecular weight excluding hydrogens is 280 g/mol. The summed E-state index contributed by atoms with van der Waals surface area (Å²) in [7, 11) is 3.87. The lowest BCUT2D eigenvalue weighted by molar-refractivity contribution is 0.278. The van der Waals surface area contributed by atoms with E-state index in [2.05, 4.69) is 10.4 Å². The van der Waals surface area contributed by atoms with Gasteiger partial charge in [0.15, 0.2) is 0 Å². The van der Waals surface area contributed by atoms with Gasteiger partial charge < -0.3 is 15.3 Å². The maximum absolute atomic E-state index is 12.1. The Balaban J connectivity index is 2.85. The summed E-state index contributed by atoms with van der Waals surface area (Å²) in [6, 6.07) is 0.0799. The number of hydrogen-bond donors (Lipinski definition) is 2. The molecule has 1 unspecified atom stereocenters. The van der Waals surface area contributed by atoms with E-state index >= 15 is 0 Å². The van der Waals surface area contributed by atoms with E-state index in [4.69, 9.17) is 16.7 Å². The van der Waals surface area contributed by atoms with E-state index in [9.17, 15) is 4.79 Å². The van der Waals surface area contributed by atoms with Crippen LogP contribution in [0.2, 0.25) is 5.02 Å². The number of aliphatic hydroxyl groups is 1. The van der Waals surface area contributed by atoms with Gasteiger partial charge in [0.1, 0.15) is 5.02 Å². The lowest BCUT2D eigenvalue weighted by Gasteiger charge is -2.18. The molecule has 2 N–H and O–H groups in total. The van der Waals surface area contributed by atoms with E-state index in [1.165, 1.54) is 4.68 Å². The monoisotopic (exact) mass is 302 g/mol. The largest absolute Gasteiger partial charge is 0.396 e. The molecule has 0 spiro atoms. The second-order valence-corrected chi connectivity index (χ2v) is 5.34. The minimum atomic E-state index is -0.294. The van der Waals surface area contributed by atoms with Crippen molar-refractivity contribution in [1.29, 1.82) is 0 Å². The molecule has 0 saturated carbocycles. The van der Waals surface area contributed by atoms with Gasteiger partial charge in [-0.25, -0.2) is 4.68 Å². The van der Waals surface area contributed by atoms with Gasteiger partial charge in [0.2, 0.25) is 0 Å². The lowest BCUT2D eigenvalue weighted by Crippen LogP contribution is -2.30. The predicted octanol–water partition coefficient (Wildman–Crippen LogP) is 1.03. The molecule has 0 aliphatic carbocycles. The van der Waals surface area contributed by atoms with Crippen molar-refractivity contribution >= 4 is 17.3 Å². The van der Waals surface area contributed by atoms with Crippen LogP contribution < -0.4 is 10.9 Å². The third-order valence-electron chi connectivity index (χ3n) is 3.07. The number of aromatic nitrogens is 2. The van der Waals surface area contributed by atoms with Crippen LogP contribution in [0.1, 0.15) is 19.8 Å². The molecule has 7 heteroatoms. The average molecular weight is 303 g/mol. The quantitative estimate of drug-likeness (QED) is 0.750. The first-order valence-electron chi connectivity index (χ1n) is 6.77. The Morgan fingerprint density at radius 3 is 2.80 bits per heavy atom. The molecule has 1 atom stereocenters. The summed E-state index contributed by atoms with van der Waals surface area (Å²) >= 11 is 6.10. The van der Waals surface area contributed by atoms with E-state index in [0.29, 0.717) is 18.7 Å². The van der Waals surface area contributed by atoms with Gasteiger partial charge in [-0.1, -0.05) is 18.5 Å². The first-order valence-corrected chi connectivity index (χ1v) is 7.15. The van der Waals surface area contributed by atoms with Crippen molar-refractivity contribution in [2.75, 3.05) is 32.6 Å². The molecular formula is C13H23ClN4O2. The molecule has 1 rings (SSSR count). The maximum atomic E-state index is 12.1. The van der Waals surface area contributed by atoms with Crippen LogP contribution in [0.25, 0.3) is 0 Å². The number of likely N-dealkylation sites (N-methyl/N-ethyl adjacent to an activating group) is 1. The minimum Gasteiger partial charge on any atom is -0.396 e. The van der Waals surface area contributed by atoms with E-state index < -0.39 is 0 Å². The summed E-state index contributed by atoms with van der Waals surface area (Å²) in [5.74, 6) is 0. The summed E-state index contributed by atoms with van der Waals surface area (Å²) in [6.45, 7) is 3.32. The molecule has 1 heterocycles. The van der Waals surface area contributed by atoms with Crippen LogP contribution in [0.4, 0.5) is 5.69 Å². The Morgan fingerprint density at radius 2 is 2.25 bits per heavy atom. The smallest absolute Gasteiger partial charge is 0.287 e. The van der Waals surface area contributed by atoms with Crippen molar-refractivity contribution in [2.24, 2.45) is 0 Å². The molecule has 0 fully saturated rings. The summed E-state index contributed by atoms with van der Waals surface area (Å²) in [6.07, 6.45) is 3.01. The van der Waals surface area contributed by atoms with Crippen LogP contribution in [0, 0.1) is 0 Å². The number of aliphatic hydroxyl groups excluding tert-OH is 1. The normalized spacial score (nSPS) is 12.7. The summed E-state index contributed by atoms with van der Waals surface area (Å²) in [5.41, 5.74) is 0.232. The van der Waals surface area contributed by atoms with Crippen molar-refractivity contribution in [3.05, 3.63) is 21.6 Å². The zero-order valence-corrected chi connectivity index (χ0v) is 13.0. The zero-order chi connectivity index (χ0) is 15.1. The van der Waals surface area contributed by atoms with Crippen LogP contribution in [0.15, 0.2) is 11.0 Å². The number of nitrogens with one attached hydrogen (secondary N) is 1. The molecule has 0 amide bonds. The molecule has 6 nitrogen and oxygen atoms in total. The van der Waals surface area contributed by atoms with Crippen LogP contribution >= 0.6 is 11.6 Å². The van der Waals surface area contributed by atoms with Crippen LogP contribution in [0.5, 0.6) is 0 Å². The molecule has 0 radical (unpaired) electrons. The summed E-state index contributed by atoms with van der Waals surface area (Å²) in [5, 5.41) is 16.4. The molecule has 0 aliphatic heterocycles. The topological polar surface area (TPSA) is 70.4 Å². The predicted molar refractivity (Wildman–Crippen MR) is 81.5 cm³/mol. The first-order chi connectivity index (χ1) is 9.49. The number of nitrogens with zero attached hydrogens (tertiary/aromatic N) is 3. The highest BCUT2D eigenvalue weighted by Crippen LogP contribution is 2.18. The van der Waals surface area contributed by atoms with Gasteiger partial charge in [-0.2, -0.15) is 5.10 Å². The zero-order valence-electron chi connectivity index (χ0n) is 12.3. The highest BCUT2D eigenvalue weighted by atomic mass is 35.5. The number of halogens is 1. The maximum Gasteiger partial charge on any atom is 0.287 e. The SMILES string of the molecule is CCC(CCO)Nc1cnn(CCN(C)C)c(=O)c1Cl. The second-order valence-electron chi connectivity index (χ2n) is 4.97. The molecule has 0 bridgehead atoms. The van der Waals surface area contributed by atoms with Crippen molar-refractivity contribution in [2.45, 2.75) is 32.4 Å². The van der Waals surface area contributed by atoms with Crippen molar-refractivity contribution in [1.82, 2.24) is 14.7 Å². The van der Waals surface area contributed by atoms with Crippen LogP contribution in [0.3, 0.4) is 0 Å². The molecule has 1 aromatic rings. The highest BCUT2D eigenvalue weighted by Gasteiger charge is 2.12. The van der Waals surface area contributed by atoms with Gasteiger partial charge in [0, 0.05) is 19.2 Å². The second kappa shape index (κ2) is 8.24. The first kappa shape index (κ1) is 16.9. The van der Waals surface area contributed by atoms with Gasteiger partial charge in [-0.3, -0.25) is 4.79 Å². The fourth-order valence-corrected chi connectivity index (χ4v) is 1.97. The molecule has 0 aromatic carbocycles. The molecule has 20 heavy (non-hydrogen) atoms. The standard InChI is InChI=1S/C13H23ClN4O2/c1-4-10(5-8-19)16-11-9-15-18(7-6-17(2)3)13(20)12(11)14/h9-10,16,19H,4-8H2,1-3H3. The van der Waals surface area contributed by atoms with E-state index in [1.54, 1.807) is 6.20 Å². The Morgan fingerprint density at radius 1 is 1.55 bits per heavy atom. The Hall–Kier alpha value is -1.11. The van der Waals surface area contributed by atoms with Gasteiger partial charge in [0.25, 0.3) is 5.56 Å². The highest BCUT2D eigenvalue weighted by molar-refractivity contribution is 6.32. The lowest BCUT2D eigenvalue weighted by atomic mass is 10.1. The van der Waals surface area contributed by atoms with Crippen molar-refractivity contribution < 1.29 is 5.11 Å². The fourth-order valence-electron chi connectivity index (χ4n) is 1.77. The average Bonchev–Trinajstić information content (AvgIpc) is 2.42. The van der Waals surface area contributed by atoms with Crippen LogP contribution in [-0.2, 0) is 6.54 Å².